The molecule has 1 heterocycles. The maximum atomic E-state index is 12.3. The topological polar surface area (TPSA) is 86.7 Å². The number of nitrogens with one attached hydrogen (secondary N) is 1. The summed E-state index contributed by atoms with van der Waals surface area (Å²) in [6.07, 6.45) is 0. The molecule has 0 aromatic heterocycles. The van der Waals surface area contributed by atoms with E-state index in [1.54, 1.807) is 24.3 Å². The molecular formula is C14H15ClN2O4. The number of hydrogen-bond acceptors (Lipinski definition) is 3. The molecule has 1 aliphatic heterocycles. The van der Waals surface area contributed by atoms with Gasteiger partial charge in [0.05, 0.1) is 0 Å². The highest BCUT2D eigenvalue weighted by Gasteiger charge is 2.38. The van der Waals surface area contributed by atoms with Crippen molar-refractivity contribution >= 4 is 29.4 Å². The Morgan fingerprint density at radius 1 is 1.43 bits per heavy atom. The fourth-order valence-electron chi connectivity index (χ4n) is 2.26. The molecule has 1 aliphatic rings. The first-order chi connectivity index (χ1) is 9.93. The van der Waals surface area contributed by atoms with Crippen molar-refractivity contribution in [1.29, 1.82) is 0 Å². The molecule has 1 fully saturated rings. The highest BCUT2D eigenvalue weighted by Crippen LogP contribution is 2.30. The van der Waals surface area contributed by atoms with Crippen LogP contribution in [0, 0.1) is 5.92 Å². The van der Waals surface area contributed by atoms with Gasteiger partial charge >= 0.3 is 5.97 Å². The minimum absolute atomic E-state index is 0.248. The van der Waals surface area contributed by atoms with Crippen molar-refractivity contribution in [1.82, 2.24) is 10.2 Å². The van der Waals surface area contributed by atoms with Crippen molar-refractivity contribution in [2.45, 2.75) is 13.0 Å². The average Bonchev–Trinajstić information content (AvgIpc) is 2.46. The molecule has 0 radical (unpaired) electrons. The predicted octanol–water partition coefficient (Wildman–Crippen LogP) is 1.06. The van der Waals surface area contributed by atoms with Gasteiger partial charge < -0.3 is 15.3 Å². The molecule has 21 heavy (non-hydrogen) atoms. The van der Waals surface area contributed by atoms with Gasteiger partial charge in [-0.3, -0.25) is 14.4 Å². The Balaban J connectivity index is 2.39. The van der Waals surface area contributed by atoms with Crippen LogP contribution in [0.4, 0.5) is 0 Å². The summed E-state index contributed by atoms with van der Waals surface area (Å²) in [7, 11) is 0. The van der Waals surface area contributed by atoms with Crippen molar-refractivity contribution in [3.05, 3.63) is 34.9 Å². The first kappa shape index (κ1) is 15.3. The molecule has 1 saturated heterocycles. The third-order valence-electron chi connectivity index (χ3n) is 3.44. The van der Waals surface area contributed by atoms with Crippen LogP contribution in [0.5, 0.6) is 0 Å². The van der Waals surface area contributed by atoms with Gasteiger partial charge in [0.1, 0.15) is 12.0 Å². The second-order valence-electron chi connectivity index (χ2n) is 4.81. The zero-order valence-corrected chi connectivity index (χ0v) is 12.1. The van der Waals surface area contributed by atoms with Crippen molar-refractivity contribution in [2.75, 3.05) is 13.1 Å². The van der Waals surface area contributed by atoms with Gasteiger partial charge in [-0.05, 0) is 13.0 Å². The van der Waals surface area contributed by atoms with Crippen molar-refractivity contribution < 1.29 is 19.5 Å². The van der Waals surface area contributed by atoms with E-state index >= 15 is 0 Å². The van der Waals surface area contributed by atoms with Gasteiger partial charge in [-0.25, -0.2) is 0 Å². The first-order valence-electron chi connectivity index (χ1n) is 6.49. The van der Waals surface area contributed by atoms with E-state index in [4.69, 9.17) is 16.7 Å². The highest BCUT2D eigenvalue weighted by atomic mass is 35.5. The quantitative estimate of drug-likeness (QED) is 0.817. The van der Waals surface area contributed by atoms with Crippen LogP contribution < -0.4 is 5.32 Å². The third kappa shape index (κ3) is 3.00. The van der Waals surface area contributed by atoms with E-state index in [0.29, 0.717) is 10.6 Å². The van der Waals surface area contributed by atoms with E-state index in [1.165, 1.54) is 11.8 Å². The molecular weight excluding hydrogens is 296 g/mol. The number of amides is 2. The number of carbonyl (C=O) groups is 3. The smallest absolute Gasteiger partial charge is 0.315 e. The number of carboxylic acids is 1. The first-order valence-corrected chi connectivity index (χ1v) is 6.86. The van der Waals surface area contributed by atoms with Crippen LogP contribution in [0.1, 0.15) is 18.5 Å². The number of benzene rings is 1. The van der Waals surface area contributed by atoms with Gasteiger partial charge in [0, 0.05) is 23.7 Å². The molecule has 2 atom stereocenters. The molecule has 0 saturated carbocycles. The molecule has 2 rings (SSSR count). The van der Waals surface area contributed by atoms with E-state index in [2.05, 4.69) is 5.32 Å². The minimum Gasteiger partial charge on any atom is -0.481 e. The van der Waals surface area contributed by atoms with E-state index in [0.717, 1.165) is 0 Å². The number of carbonyl (C=O) groups excluding carboxylic acids is 2. The zero-order chi connectivity index (χ0) is 15.6. The lowest BCUT2D eigenvalue weighted by atomic mass is 10.00. The van der Waals surface area contributed by atoms with E-state index in [9.17, 15) is 14.4 Å². The maximum Gasteiger partial charge on any atom is 0.315 e. The lowest BCUT2D eigenvalue weighted by Gasteiger charge is -2.36. The van der Waals surface area contributed by atoms with Gasteiger partial charge in [-0.2, -0.15) is 0 Å². The number of carboxylic acid groups (broad SMARTS) is 1. The molecule has 0 unspecified atom stereocenters. The summed E-state index contributed by atoms with van der Waals surface area (Å²) in [6.45, 7) is 1.84. The molecule has 6 nitrogen and oxygen atoms in total. The number of halogens is 1. The second kappa shape index (κ2) is 6.13. The van der Waals surface area contributed by atoms with Crippen molar-refractivity contribution in [2.24, 2.45) is 5.92 Å². The number of rotatable bonds is 3. The monoisotopic (exact) mass is 310 g/mol. The Labute approximate surface area is 126 Å². The molecule has 0 spiro atoms. The Morgan fingerprint density at radius 3 is 2.71 bits per heavy atom. The lowest BCUT2D eigenvalue weighted by molar-refractivity contribution is -0.155. The molecule has 1 aromatic rings. The van der Waals surface area contributed by atoms with Crippen LogP contribution in [0.3, 0.4) is 0 Å². The van der Waals surface area contributed by atoms with E-state index in [-0.39, 0.29) is 19.0 Å². The average molecular weight is 311 g/mol. The van der Waals surface area contributed by atoms with Crippen LogP contribution in [-0.2, 0) is 14.4 Å². The van der Waals surface area contributed by atoms with Crippen LogP contribution >= 0.6 is 11.6 Å². The fourth-order valence-corrected chi connectivity index (χ4v) is 2.50. The Morgan fingerprint density at radius 2 is 2.10 bits per heavy atom. The largest absolute Gasteiger partial charge is 0.481 e. The minimum atomic E-state index is -1.22. The third-order valence-corrected chi connectivity index (χ3v) is 3.78. The standard InChI is InChI=1S/C14H15ClN2O4/c1-8(14(20)21)13(19)17-7-6-16-12(18)11(17)9-4-2-3-5-10(9)15/h2-5,8,11H,6-7H2,1H3,(H,16,18)(H,20,21)/t8-,11+/m1/s1. The summed E-state index contributed by atoms with van der Waals surface area (Å²) < 4.78 is 0. The number of nitrogens with zero attached hydrogens (tertiary/aromatic N) is 1. The molecule has 0 aliphatic carbocycles. The molecule has 2 N–H and O–H groups in total. The molecule has 7 heteroatoms. The summed E-state index contributed by atoms with van der Waals surface area (Å²) >= 11 is 6.10. The summed E-state index contributed by atoms with van der Waals surface area (Å²) in [5.74, 6) is -3.38. The second-order valence-corrected chi connectivity index (χ2v) is 5.21. The van der Waals surface area contributed by atoms with Crippen LogP contribution in [0.15, 0.2) is 24.3 Å². The number of piperazine rings is 1. The van der Waals surface area contributed by atoms with Crippen LogP contribution in [-0.4, -0.2) is 40.9 Å². The zero-order valence-electron chi connectivity index (χ0n) is 11.4. The Bertz CT molecular complexity index is 590. The van der Waals surface area contributed by atoms with E-state index in [1.807, 2.05) is 0 Å². The van der Waals surface area contributed by atoms with E-state index < -0.39 is 23.8 Å². The van der Waals surface area contributed by atoms with Crippen LogP contribution in [0.2, 0.25) is 5.02 Å². The van der Waals surface area contributed by atoms with Gasteiger partial charge in [0.2, 0.25) is 11.8 Å². The summed E-state index contributed by atoms with van der Waals surface area (Å²) in [5, 5.41) is 12.0. The predicted molar refractivity (Wildman–Crippen MR) is 75.7 cm³/mol. The maximum absolute atomic E-state index is 12.3. The molecule has 1 aromatic carbocycles. The Hall–Kier alpha value is -2.08. The molecule has 112 valence electrons. The lowest BCUT2D eigenvalue weighted by Crippen LogP contribution is -2.54. The SMILES string of the molecule is C[C@@H](C(=O)O)C(=O)N1CCNC(=O)[C@@H]1c1ccccc1Cl. The van der Waals surface area contributed by atoms with Gasteiger partial charge in [0.15, 0.2) is 0 Å². The highest BCUT2D eigenvalue weighted by molar-refractivity contribution is 6.31. The van der Waals surface area contributed by atoms with Gasteiger partial charge in [-0.1, -0.05) is 29.8 Å². The number of hydrogen-bond donors (Lipinski definition) is 2. The fraction of sp³-hybridized carbons (Fsp3) is 0.357. The van der Waals surface area contributed by atoms with Crippen molar-refractivity contribution in [3.63, 3.8) is 0 Å². The van der Waals surface area contributed by atoms with Gasteiger partial charge in [-0.15, -0.1) is 0 Å². The number of aliphatic carboxylic acids is 1. The van der Waals surface area contributed by atoms with Crippen LogP contribution in [0.25, 0.3) is 0 Å². The van der Waals surface area contributed by atoms with Crippen molar-refractivity contribution in [3.8, 4) is 0 Å². The Kier molecular flexibility index (Phi) is 4.47. The molecule has 0 bridgehead atoms. The van der Waals surface area contributed by atoms with Gasteiger partial charge in [0.25, 0.3) is 0 Å². The summed E-state index contributed by atoms with van der Waals surface area (Å²) in [6, 6.07) is 5.82. The summed E-state index contributed by atoms with van der Waals surface area (Å²) in [4.78, 5) is 36.7. The summed E-state index contributed by atoms with van der Waals surface area (Å²) in [5.41, 5.74) is 0.488. The molecule has 2 amide bonds. The normalized spacial score (nSPS) is 19.8.